The molecule has 0 spiro atoms. The number of nitrogens with one attached hydrogen (secondary N) is 2. The van der Waals surface area contributed by atoms with Crippen LogP contribution < -0.4 is 10.6 Å². The zero-order valence-electron chi connectivity index (χ0n) is 16.6. The summed E-state index contributed by atoms with van der Waals surface area (Å²) in [4.78, 5) is 17.4. The summed E-state index contributed by atoms with van der Waals surface area (Å²) < 4.78 is 2.28. The Kier molecular flexibility index (Phi) is 7.25. The lowest BCUT2D eigenvalue weighted by atomic mass is 9.85. The highest BCUT2D eigenvalue weighted by Gasteiger charge is 2.38. The molecule has 2 aromatic rings. The Balaban J connectivity index is 0.00000120. The molecule has 7 heteroatoms. The number of hydrogen-bond acceptors (Lipinski definition) is 3. The SMILES string of the molecule is Cl.Cl.O=C(Nc1ccc(-c2cn3c(n2)CCCC3)cc1)C1CC2CCCCC2N1. The second-order valence-corrected chi connectivity index (χ2v) is 8.37. The summed E-state index contributed by atoms with van der Waals surface area (Å²) in [5.41, 5.74) is 3.01. The molecule has 2 N–H and O–H groups in total. The predicted octanol–water partition coefficient (Wildman–Crippen LogP) is 4.59. The number of carbonyl (C=O) groups excluding carboxylic acids is 1. The van der Waals surface area contributed by atoms with Gasteiger partial charge in [-0.15, -0.1) is 24.8 Å². The van der Waals surface area contributed by atoms with Gasteiger partial charge >= 0.3 is 0 Å². The van der Waals surface area contributed by atoms with Crippen LogP contribution in [-0.2, 0) is 17.8 Å². The van der Waals surface area contributed by atoms with Crippen molar-refractivity contribution in [2.75, 3.05) is 5.32 Å². The van der Waals surface area contributed by atoms with E-state index in [1.807, 2.05) is 12.1 Å². The van der Waals surface area contributed by atoms with Gasteiger partial charge in [-0.2, -0.15) is 0 Å². The molecule has 3 heterocycles. The molecule has 0 radical (unpaired) electrons. The van der Waals surface area contributed by atoms with E-state index in [0.717, 1.165) is 36.3 Å². The van der Waals surface area contributed by atoms with Crippen LogP contribution in [0.2, 0.25) is 0 Å². The number of imidazole rings is 1. The summed E-state index contributed by atoms with van der Waals surface area (Å²) in [6.45, 7) is 1.08. The summed E-state index contributed by atoms with van der Waals surface area (Å²) in [5.74, 6) is 1.99. The zero-order chi connectivity index (χ0) is 18.2. The smallest absolute Gasteiger partial charge is 0.241 e. The highest BCUT2D eigenvalue weighted by molar-refractivity contribution is 5.95. The molecule has 3 aliphatic rings. The van der Waals surface area contributed by atoms with E-state index in [9.17, 15) is 4.79 Å². The summed E-state index contributed by atoms with van der Waals surface area (Å²) in [6.07, 6.45) is 11.8. The molecular weight excluding hydrogens is 407 g/mol. The number of rotatable bonds is 3. The molecule has 1 aliphatic carbocycles. The third-order valence-electron chi connectivity index (χ3n) is 6.54. The molecule has 2 aliphatic heterocycles. The Labute approximate surface area is 184 Å². The highest BCUT2D eigenvalue weighted by Crippen LogP contribution is 2.33. The van der Waals surface area contributed by atoms with Gasteiger partial charge in [0.2, 0.25) is 5.91 Å². The molecule has 1 saturated carbocycles. The van der Waals surface area contributed by atoms with Crippen molar-refractivity contribution in [1.29, 1.82) is 0 Å². The molecule has 5 rings (SSSR count). The second kappa shape index (κ2) is 9.50. The molecule has 1 aromatic heterocycles. The lowest BCUT2D eigenvalue weighted by molar-refractivity contribution is -0.117. The summed E-state index contributed by atoms with van der Waals surface area (Å²) in [7, 11) is 0. The number of carbonyl (C=O) groups is 1. The normalized spacial score (nSPS) is 25.2. The standard InChI is InChI=1S/C22H28N4O.2ClH/c27-22(19-13-16-5-1-2-6-18(16)24-19)23-17-10-8-15(9-11-17)20-14-26-12-4-3-7-21(26)25-20;;/h8-11,14,16,18-19,24H,1-7,12-13H2,(H,23,27);2*1H. The fraction of sp³-hybridized carbons (Fsp3) is 0.545. The Morgan fingerprint density at radius 3 is 2.62 bits per heavy atom. The second-order valence-electron chi connectivity index (χ2n) is 8.37. The van der Waals surface area contributed by atoms with E-state index in [0.29, 0.717) is 12.0 Å². The third kappa shape index (κ3) is 4.62. The number of aryl methyl sites for hydroxylation is 2. The Morgan fingerprint density at radius 1 is 1.07 bits per heavy atom. The Hall–Kier alpha value is -1.56. The summed E-state index contributed by atoms with van der Waals surface area (Å²) >= 11 is 0. The maximum atomic E-state index is 12.7. The molecule has 0 bridgehead atoms. The number of amides is 1. The van der Waals surface area contributed by atoms with Crippen molar-refractivity contribution in [2.24, 2.45) is 5.92 Å². The van der Waals surface area contributed by atoms with Crippen LogP contribution in [0.25, 0.3) is 11.3 Å². The van der Waals surface area contributed by atoms with E-state index in [1.54, 1.807) is 0 Å². The minimum Gasteiger partial charge on any atom is -0.334 e. The average molecular weight is 437 g/mol. The first-order valence-electron chi connectivity index (χ1n) is 10.5. The van der Waals surface area contributed by atoms with Crippen LogP contribution in [0.1, 0.15) is 50.8 Å². The topological polar surface area (TPSA) is 59.0 Å². The molecular formula is C22H30Cl2N4O. The number of benzene rings is 1. The zero-order valence-corrected chi connectivity index (χ0v) is 18.2. The van der Waals surface area contributed by atoms with E-state index >= 15 is 0 Å². The van der Waals surface area contributed by atoms with Gasteiger partial charge in [0.15, 0.2) is 0 Å². The van der Waals surface area contributed by atoms with Gasteiger partial charge in [-0.05, 0) is 50.2 Å². The number of aromatic nitrogens is 2. The Morgan fingerprint density at radius 2 is 1.86 bits per heavy atom. The first kappa shape index (κ1) is 22.1. The minimum absolute atomic E-state index is 0. The van der Waals surface area contributed by atoms with Crippen molar-refractivity contribution < 1.29 is 4.79 Å². The first-order valence-corrected chi connectivity index (χ1v) is 10.5. The van der Waals surface area contributed by atoms with Crippen LogP contribution >= 0.6 is 24.8 Å². The van der Waals surface area contributed by atoms with Gasteiger partial charge in [0, 0.05) is 36.5 Å². The van der Waals surface area contributed by atoms with E-state index in [1.165, 1.54) is 44.3 Å². The molecule has 5 nitrogen and oxygen atoms in total. The van der Waals surface area contributed by atoms with E-state index in [4.69, 9.17) is 4.98 Å². The number of anilines is 1. The molecule has 3 unspecified atom stereocenters. The van der Waals surface area contributed by atoms with Gasteiger partial charge < -0.3 is 15.2 Å². The largest absolute Gasteiger partial charge is 0.334 e. The molecule has 2 fully saturated rings. The van der Waals surface area contributed by atoms with Crippen molar-refractivity contribution >= 4 is 36.4 Å². The van der Waals surface area contributed by atoms with Crippen molar-refractivity contribution in [1.82, 2.24) is 14.9 Å². The number of nitrogens with zero attached hydrogens (tertiary/aromatic N) is 2. The Bertz CT molecular complexity index is 798. The molecule has 1 amide bonds. The van der Waals surface area contributed by atoms with Crippen molar-refractivity contribution in [3.8, 4) is 11.3 Å². The van der Waals surface area contributed by atoms with Gasteiger partial charge in [0.25, 0.3) is 0 Å². The number of fused-ring (bicyclic) bond motifs is 2. The molecule has 3 atom stereocenters. The van der Waals surface area contributed by atoms with Crippen LogP contribution in [0.15, 0.2) is 30.5 Å². The van der Waals surface area contributed by atoms with Gasteiger partial charge in [0.05, 0.1) is 11.7 Å². The van der Waals surface area contributed by atoms with E-state index < -0.39 is 0 Å². The predicted molar refractivity (Wildman–Crippen MR) is 121 cm³/mol. The summed E-state index contributed by atoms with van der Waals surface area (Å²) in [6, 6.07) is 8.61. The van der Waals surface area contributed by atoms with E-state index in [2.05, 4.69) is 33.5 Å². The fourth-order valence-corrected chi connectivity index (χ4v) is 5.03. The lowest BCUT2D eigenvalue weighted by Gasteiger charge is -2.24. The number of halogens is 2. The average Bonchev–Trinajstić information content (AvgIpc) is 3.32. The quantitative estimate of drug-likeness (QED) is 0.739. The highest BCUT2D eigenvalue weighted by atomic mass is 35.5. The first-order chi connectivity index (χ1) is 13.3. The van der Waals surface area contributed by atoms with Crippen LogP contribution in [0.3, 0.4) is 0 Å². The van der Waals surface area contributed by atoms with Gasteiger partial charge in [-0.1, -0.05) is 25.0 Å². The third-order valence-corrected chi connectivity index (χ3v) is 6.54. The van der Waals surface area contributed by atoms with Crippen LogP contribution in [0, 0.1) is 5.92 Å². The molecule has 1 aromatic carbocycles. The fourth-order valence-electron chi connectivity index (χ4n) is 5.03. The summed E-state index contributed by atoms with van der Waals surface area (Å²) in [5, 5.41) is 6.65. The maximum Gasteiger partial charge on any atom is 0.241 e. The minimum atomic E-state index is -0.0439. The van der Waals surface area contributed by atoms with Crippen LogP contribution in [0.5, 0.6) is 0 Å². The van der Waals surface area contributed by atoms with E-state index in [-0.39, 0.29) is 36.8 Å². The van der Waals surface area contributed by atoms with Crippen molar-refractivity contribution in [3.05, 3.63) is 36.3 Å². The lowest BCUT2D eigenvalue weighted by Crippen LogP contribution is -2.39. The molecule has 158 valence electrons. The number of hydrogen-bond donors (Lipinski definition) is 2. The molecule has 29 heavy (non-hydrogen) atoms. The monoisotopic (exact) mass is 436 g/mol. The van der Waals surface area contributed by atoms with Gasteiger partial charge in [-0.3, -0.25) is 4.79 Å². The van der Waals surface area contributed by atoms with Crippen LogP contribution in [0.4, 0.5) is 5.69 Å². The van der Waals surface area contributed by atoms with Crippen LogP contribution in [-0.4, -0.2) is 27.5 Å². The van der Waals surface area contributed by atoms with Gasteiger partial charge in [0.1, 0.15) is 5.82 Å². The maximum absolute atomic E-state index is 12.7. The van der Waals surface area contributed by atoms with Crippen molar-refractivity contribution in [3.63, 3.8) is 0 Å². The van der Waals surface area contributed by atoms with Gasteiger partial charge in [-0.25, -0.2) is 4.98 Å². The molecule has 1 saturated heterocycles. The van der Waals surface area contributed by atoms with Crippen molar-refractivity contribution in [2.45, 2.75) is 70.0 Å².